The molecule has 24 heavy (non-hydrogen) atoms. The minimum Gasteiger partial charge on any atom is -0.486 e. The molecule has 1 aromatic rings. The molecule has 0 aliphatic carbocycles. The number of carbonyl (C=O) groups excluding carboxylic acids is 2. The quantitative estimate of drug-likeness (QED) is 0.736. The summed E-state index contributed by atoms with van der Waals surface area (Å²) < 4.78 is 21.2. The van der Waals surface area contributed by atoms with E-state index in [2.05, 4.69) is 10.6 Å². The van der Waals surface area contributed by atoms with E-state index >= 15 is 0 Å². The highest BCUT2D eigenvalue weighted by molar-refractivity contribution is 6.39. The van der Waals surface area contributed by atoms with Crippen molar-refractivity contribution in [1.82, 2.24) is 5.32 Å². The van der Waals surface area contributed by atoms with Crippen molar-refractivity contribution >= 4 is 17.5 Å². The molecule has 1 atom stereocenters. The van der Waals surface area contributed by atoms with Gasteiger partial charge in [0.05, 0.1) is 6.61 Å². The van der Waals surface area contributed by atoms with Crippen LogP contribution in [0, 0.1) is 0 Å². The number of anilines is 1. The van der Waals surface area contributed by atoms with E-state index in [0.29, 0.717) is 30.4 Å². The third-order valence-electron chi connectivity index (χ3n) is 3.57. The molecular formula is C16H22N2O6. The first kappa shape index (κ1) is 18.0. The van der Waals surface area contributed by atoms with Crippen molar-refractivity contribution in [1.29, 1.82) is 0 Å². The molecule has 132 valence electrons. The van der Waals surface area contributed by atoms with E-state index < -0.39 is 17.4 Å². The summed E-state index contributed by atoms with van der Waals surface area (Å²) in [5, 5.41) is 5.05. The molecule has 0 bridgehead atoms. The number of carbonyl (C=O) groups is 2. The summed E-state index contributed by atoms with van der Waals surface area (Å²) in [7, 11) is 3.05. The Morgan fingerprint density at radius 2 is 1.88 bits per heavy atom. The van der Waals surface area contributed by atoms with Gasteiger partial charge in [0.15, 0.2) is 11.5 Å². The van der Waals surface area contributed by atoms with Crippen LogP contribution in [0.1, 0.15) is 6.92 Å². The van der Waals surface area contributed by atoms with Gasteiger partial charge in [-0.3, -0.25) is 9.59 Å². The summed E-state index contributed by atoms with van der Waals surface area (Å²) in [5.74, 6) is -0.391. The molecule has 0 fully saturated rings. The summed E-state index contributed by atoms with van der Waals surface area (Å²) in [6.45, 7) is 3.13. The van der Waals surface area contributed by atoms with Crippen molar-refractivity contribution in [3.8, 4) is 11.5 Å². The van der Waals surface area contributed by atoms with E-state index in [0.717, 1.165) is 0 Å². The third-order valence-corrected chi connectivity index (χ3v) is 3.57. The summed E-state index contributed by atoms with van der Waals surface area (Å²) >= 11 is 0. The molecule has 0 unspecified atom stereocenters. The Hall–Kier alpha value is -2.32. The maximum absolute atomic E-state index is 12.0. The number of fused-ring (bicyclic) bond motifs is 1. The van der Waals surface area contributed by atoms with Crippen LogP contribution in [0.25, 0.3) is 0 Å². The van der Waals surface area contributed by atoms with Crippen LogP contribution in [0.5, 0.6) is 11.5 Å². The molecule has 0 radical (unpaired) electrons. The predicted molar refractivity (Wildman–Crippen MR) is 86.4 cm³/mol. The van der Waals surface area contributed by atoms with Crippen LogP contribution in [0.4, 0.5) is 5.69 Å². The predicted octanol–water partition coefficient (Wildman–Crippen LogP) is 0.564. The zero-order valence-electron chi connectivity index (χ0n) is 14.0. The van der Waals surface area contributed by atoms with Gasteiger partial charge < -0.3 is 29.6 Å². The number of ether oxygens (including phenoxy) is 4. The van der Waals surface area contributed by atoms with Crippen molar-refractivity contribution in [2.24, 2.45) is 0 Å². The minimum absolute atomic E-state index is 0.144. The van der Waals surface area contributed by atoms with Gasteiger partial charge in [0.2, 0.25) is 0 Å². The fourth-order valence-corrected chi connectivity index (χ4v) is 2.14. The number of hydrogen-bond donors (Lipinski definition) is 2. The molecule has 1 aliphatic heterocycles. The van der Waals surface area contributed by atoms with Gasteiger partial charge in [-0.05, 0) is 19.1 Å². The van der Waals surface area contributed by atoms with Crippen LogP contribution in [-0.2, 0) is 19.1 Å². The SMILES string of the molecule is COC[C@](C)(CNC(=O)C(=O)Nc1ccc2c(c1)OCCO2)OC. The Morgan fingerprint density at radius 3 is 2.54 bits per heavy atom. The molecule has 2 amide bonds. The molecule has 2 N–H and O–H groups in total. The Kier molecular flexibility index (Phi) is 5.99. The Morgan fingerprint density at radius 1 is 1.17 bits per heavy atom. The molecular weight excluding hydrogens is 316 g/mol. The molecule has 0 saturated heterocycles. The van der Waals surface area contributed by atoms with Crippen LogP contribution in [0.15, 0.2) is 18.2 Å². The zero-order valence-corrected chi connectivity index (χ0v) is 14.0. The lowest BCUT2D eigenvalue weighted by Crippen LogP contribution is -2.48. The summed E-state index contributed by atoms with van der Waals surface area (Å²) in [6.07, 6.45) is 0. The maximum atomic E-state index is 12.0. The smallest absolute Gasteiger partial charge is 0.313 e. The highest BCUT2D eigenvalue weighted by Crippen LogP contribution is 2.32. The Balaban J connectivity index is 1.91. The number of hydrogen-bond acceptors (Lipinski definition) is 6. The lowest BCUT2D eigenvalue weighted by atomic mass is 10.1. The molecule has 2 rings (SSSR count). The van der Waals surface area contributed by atoms with E-state index in [-0.39, 0.29) is 13.2 Å². The average molecular weight is 338 g/mol. The molecule has 1 aliphatic rings. The van der Waals surface area contributed by atoms with Crippen LogP contribution in [0.2, 0.25) is 0 Å². The molecule has 8 nitrogen and oxygen atoms in total. The fraction of sp³-hybridized carbons (Fsp3) is 0.500. The molecule has 1 heterocycles. The maximum Gasteiger partial charge on any atom is 0.313 e. The standard InChI is InChI=1S/C16H22N2O6/c1-16(22-3,10-21-2)9-17-14(19)15(20)18-11-4-5-12-13(8-11)24-7-6-23-12/h4-5,8H,6-7,9-10H2,1-3H3,(H,17,19)(H,18,20)/t16-/m0/s1. The molecule has 8 heteroatoms. The summed E-state index contributed by atoms with van der Waals surface area (Å²) in [5.41, 5.74) is -0.257. The Labute approximate surface area is 140 Å². The second kappa shape index (κ2) is 7.98. The van der Waals surface area contributed by atoms with Crippen LogP contribution in [-0.4, -0.2) is 58.0 Å². The number of methoxy groups -OCH3 is 2. The van der Waals surface area contributed by atoms with Gasteiger partial charge in [-0.15, -0.1) is 0 Å². The van der Waals surface area contributed by atoms with Gasteiger partial charge in [-0.1, -0.05) is 0 Å². The van der Waals surface area contributed by atoms with E-state index in [1.54, 1.807) is 25.1 Å². The summed E-state index contributed by atoms with van der Waals surface area (Å²) in [4.78, 5) is 23.9. The van der Waals surface area contributed by atoms with Gasteiger partial charge in [0, 0.05) is 32.5 Å². The Bertz CT molecular complexity index is 606. The largest absolute Gasteiger partial charge is 0.486 e. The second-order valence-corrected chi connectivity index (χ2v) is 5.58. The van der Waals surface area contributed by atoms with E-state index in [4.69, 9.17) is 18.9 Å². The van der Waals surface area contributed by atoms with Crippen molar-refractivity contribution in [3.05, 3.63) is 18.2 Å². The van der Waals surface area contributed by atoms with Gasteiger partial charge in [0.1, 0.15) is 18.8 Å². The molecule has 1 aromatic carbocycles. The number of benzene rings is 1. The van der Waals surface area contributed by atoms with E-state index in [1.165, 1.54) is 14.2 Å². The van der Waals surface area contributed by atoms with Crippen molar-refractivity contribution in [2.45, 2.75) is 12.5 Å². The lowest BCUT2D eigenvalue weighted by molar-refractivity contribution is -0.137. The first-order chi connectivity index (χ1) is 11.5. The highest BCUT2D eigenvalue weighted by atomic mass is 16.6. The van der Waals surface area contributed by atoms with Crippen LogP contribution < -0.4 is 20.1 Å². The van der Waals surface area contributed by atoms with E-state index in [9.17, 15) is 9.59 Å². The fourth-order valence-electron chi connectivity index (χ4n) is 2.14. The van der Waals surface area contributed by atoms with Gasteiger partial charge in [0.25, 0.3) is 0 Å². The highest BCUT2D eigenvalue weighted by Gasteiger charge is 2.26. The first-order valence-electron chi connectivity index (χ1n) is 7.50. The topological polar surface area (TPSA) is 95.1 Å². The van der Waals surface area contributed by atoms with E-state index in [1.807, 2.05) is 0 Å². The molecule has 0 saturated carbocycles. The average Bonchev–Trinajstić information content (AvgIpc) is 2.59. The van der Waals surface area contributed by atoms with Crippen molar-refractivity contribution in [3.63, 3.8) is 0 Å². The monoisotopic (exact) mass is 338 g/mol. The van der Waals surface area contributed by atoms with Crippen LogP contribution in [0.3, 0.4) is 0 Å². The van der Waals surface area contributed by atoms with Gasteiger partial charge in [-0.25, -0.2) is 0 Å². The second-order valence-electron chi connectivity index (χ2n) is 5.58. The number of nitrogens with one attached hydrogen (secondary N) is 2. The van der Waals surface area contributed by atoms with Gasteiger partial charge >= 0.3 is 11.8 Å². The molecule has 0 spiro atoms. The first-order valence-corrected chi connectivity index (χ1v) is 7.50. The summed E-state index contributed by atoms with van der Waals surface area (Å²) in [6, 6.07) is 4.94. The van der Waals surface area contributed by atoms with Crippen molar-refractivity contribution in [2.75, 3.05) is 45.9 Å². The molecule has 0 aromatic heterocycles. The third kappa shape index (κ3) is 4.59. The number of rotatable bonds is 6. The van der Waals surface area contributed by atoms with Crippen molar-refractivity contribution < 1.29 is 28.5 Å². The number of amides is 2. The minimum atomic E-state index is -0.775. The normalized spacial score (nSPS) is 15.3. The zero-order chi connectivity index (χ0) is 17.6. The van der Waals surface area contributed by atoms with Crippen LogP contribution >= 0.6 is 0 Å². The van der Waals surface area contributed by atoms with Gasteiger partial charge in [-0.2, -0.15) is 0 Å². The lowest BCUT2D eigenvalue weighted by Gasteiger charge is -2.27.